The normalized spacial score (nSPS) is 10.9. The van der Waals surface area contributed by atoms with Gasteiger partial charge in [-0.2, -0.15) is 0 Å². The highest BCUT2D eigenvalue weighted by Crippen LogP contribution is 2.18. The van der Waals surface area contributed by atoms with Crippen molar-refractivity contribution in [3.63, 3.8) is 0 Å². The van der Waals surface area contributed by atoms with Crippen molar-refractivity contribution in [3.8, 4) is 5.75 Å². The van der Waals surface area contributed by atoms with Crippen molar-refractivity contribution < 1.29 is 9.53 Å². The van der Waals surface area contributed by atoms with E-state index in [-0.39, 0.29) is 17.3 Å². The average Bonchev–Trinajstić information content (AvgIpc) is 3.31. The van der Waals surface area contributed by atoms with Crippen LogP contribution in [0.25, 0.3) is 11.0 Å². The zero-order valence-corrected chi connectivity index (χ0v) is 16.2. The van der Waals surface area contributed by atoms with Crippen LogP contribution in [0.2, 0.25) is 0 Å². The summed E-state index contributed by atoms with van der Waals surface area (Å²) in [5, 5.41) is 15.0. The molecule has 0 aliphatic carbocycles. The van der Waals surface area contributed by atoms with Crippen LogP contribution in [0.4, 0.5) is 5.69 Å². The first-order chi connectivity index (χ1) is 14.1. The Hall–Kier alpha value is -3.60. The molecule has 1 amide bonds. The van der Waals surface area contributed by atoms with E-state index in [1.165, 1.54) is 11.8 Å². The number of carbonyl (C=O) groups is 1. The lowest BCUT2D eigenvalue weighted by Crippen LogP contribution is -2.15. The second kappa shape index (κ2) is 8.19. The molecule has 2 aromatic carbocycles. The third-order valence-electron chi connectivity index (χ3n) is 4.12. The van der Waals surface area contributed by atoms with Gasteiger partial charge in [0.05, 0.1) is 30.4 Å². The lowest BCUT2D eigenvalue weighted by atomic mass is 10.2. The number of amides is 1. The van der Waals surface area contributed by atoms with Crippen molar-refractivity contribution in [2.24, 2.45) is 0 Å². The first-order valence-electron chi connectivity index (χ1n) is 8.64. The smallest absolute Gasteiger partial charge is 0.323 e. The van der Waals surface area contributed by atoms with Gasteiger partial charge in [0.1, 0.15) is 5.75 Å². The van der Waals surface area contributed by atoms with E-state index >= 15 is 0 Å². The maximum Gasteiger partial charge on any atom is 0.323 e. The molecule has 29 heavy (non-hydrogen) atoms. The van der Waals surface area contributed by atoms with Crippen LogP contribution in [-0.4, -0.2) is 48.9 Å². The standard InChI is InChI=1S/C18H17N7O3S/c1-28-13-5-2-11(3-6-13)9-25-18(22-23-24-25)29-10-16(26)19-12-4-7-14-15(8-12)21-17(27)20-14/h2-8H,9-10H2,1H3,(H,19,26)(H2,20,21,27). The Morgan fingerprint density at radius 2 is 1.97 bits per heavy atom. The van der Waals surface area contributed by atoms with Gasteiger partial charge in [-0.05, 0) is 46.3 Å². The van der Waals surface area contributed by atoms with E-state index in [0.29, 0.717) is 28.4 Å². The average molecular weight is 411 g/mol. The molecule has 0 atom stereocenters. The summed E-state index contributed by atoms with van der Waals surface area (Å²) in [7, 11) is 1.62. The molecule has 11 heteroatoms. The van der Waals surface area contributed by atoms with Crippen molar-refractivity contribution in [3.05, 3.63) is 58.5 Å². The number of H-pyrrole nitrogens is 2. The van der Waals surface area contributed by atoms with Gasteiger partial charge in [0.25, 0.3) is 0 Å². The van der Waals surface area contributed by atoms with Crippen LogP contribution < -0.4 is 15.7 Å². The quantitative estimate of drug-likeness (QED) is 0.394. The van der Waals surface area contributed by atoms with Gasteiger partial charge in [-0.15, -0.1) is 5.10 Å². The molecule has 0 saturated heterocycles. The predicted molar refractivity (Wildman–Crippen MR) is 108 cm³/mol. The van der Waals surface area contributed by atoms with E-state index in [1.54, 1.807) is 30.0 Å². The third kappa shape index (κ3) is 4.46. The summed E-state index contributed by atoms with van der Waals surface area (Å²) in [6, 6.07) is 12.8. The van der Waals surface area contributed by atoms with E-state index < -0.39 is 0 Å². The Balaban J connectivity index is 1.36. The zero-order chi connectivity index (χ0) is 20.2. The Labute approximate surface area is 168 Å². The second-order valence-corrected chi connectivity index (χ2v) is 7.09. The summed E-state index contributed by atoms with van der Waals surface area (Å²) < 4.78 is 6.79. The number of ether oxygens (including phenoxy) is 1. The van der Waals surface area contributed by atoms with Gasteiger partial charge in [0.2, 0.25) is 11.1 Å². The highest BCUT2D eigenvalue weighted by molar-refractivity contribution is 7.99. The van der Waals surface area contributed by atoms with Crippen molar-refractivity contribution in [1.29, 1.82) is 0 Å². The Bertz CT molecular complexity index is 1200. The molecule has 0 saturated carbocycles. The maximum atomic E-state index is 12.3. The van der Waals surface area contributed by atoms with Crippen LogP contribution in [-0.2, 0) is 11.3 Å². The van der Waals surface area contributed by atoms with E-state index in [2.05, 4.69) is 30.8 Å². The fourth-order valence-corrected chi connectivity index (χ4v) is 3.42. The number of nitrogens with zero attached hydrogens (tertiary/aromatic N) is 4. The number of methoxy groups -OCH3 is 1. The van der Waals surface area contributed by atoms with Crippen LogP contribution in [0, 0.1) is 0 Å². The molecule has 0 fully saturated rings. The molecule has 148 valence electrons. The summed E-state index contributed by atoms with van der Waals surface area (Å²) in [5.41, 5.74) is 2.63. The number of nitrogens with one attached hydrogen (secondary N) is 3. The van der Waals surface area contributed by atoms with E-state index in [0.717, 1.165) is 11.3 Å². The van der Waals surface area contributed by atoms with Crippen LogP contribution in [0.1, 0.15) is 5.56 Å². The van der Waals surface area contributed by atoms with E-state index in [4.69, 9.17) is 4.74 Å². The number of carbonyl (C=O) groups excluding carboxylic acids is 1. The highest BCUT2D eigenvalue weighted by Gasteiger charge is 2.11. The molecule has 0 spiro atoms. The Morgan fingerprint density at radius 3 is 2.76 bits per heavy atom. The predicted octanol–water partition coefficient (Wildman–Crippen LogP) is 1.63. The largest absolute Gasteiger partial charge is 0.497 e. The van der Waals surface area contributed by atoms with Crippen LogP contribution in [0.3, 0.4) is 0 Å². The van der Waals surface area contributed by atoms with Crippen molar-refractivity contribution in [2.75, 3.05) is 18.2 Å². The van der Waals surface area contributed by atoms with E-state index in [9.17, 15) is 9.59 Å². The fraction of sp³-hybridized carbons (Fsp3) is 0.167. The number of tetrazole rings is 1. The first kappa shape index (κ1) is 18.7. The molecule has 0 aliphatic heterocycles. The van der Waals surface area contributed by atoms with Gasteiger partial charge in [0.15, 0.2) is 0 Å². The van der Waals surface area contributed by atoms with E-state index in [1.807, 2.05) is 24.3 Å². The van der Waals surface area contributed by atoms with Gasteiger partial charge in [-0.1, -0.05) is 23.9 Å². The number of rotatable bonds is 7. The number of aromatic nitrogens is 6. The molecule has 4 rings (SSSR count). The van der Waals surface area contributed by atoms with Crippen LogP contribution in [0.5, 0.6) is 5.75 Å². The monoisotopic (exact) mass is 411 g/mol. The molecular formula is C18H17N7O3S. The van der Waals surface area contributed by atoms with Crippen molar-refractivity contribution in [2.45, 2.75) is 11.7 Å². The molecule has 2 heterocycles. The molecule has 0 bridgehead atoms. The Kier molecular flexibility index (Phi) is 5.29. The summed E-state index contributed by atoms with van der Waals surface area (Å²) in [4.78, 5) is 28.9. The SMILES string of the molecule is COc1ccc(Cn2nnnc2SCC(=O)Nc2ccc3[nH]c(=O)[nH]c3c2)cc1. The number of hydrogen-bond donors (Lipinski definition) is 3. The minimum atomic E-state index is -0.289. The molecule has 0 aliphatic rings. The Morgan fingerprint density at radius 1 is 1.17 bits per heavy atom. The van der Waals surface area contributed by atoms with Gasteiger partial charge in [-0.25, -0.2) is 9.48 Å². The topological polar surface area (TPSA) is 131 Å². The van der Waals surface area contributed by atoms with Gasteiger partial charge in [0, 0.05) is 5.69 Å². The molecule has 4 aromatic rings. The summed E-state index contributed by atoms with van der Waals surface area (Å²) in [5.74, 6) is 0.717. The minimum absolute atomic E-state index is 0.144. The van der Waals surface area contributed by atoms with Crippen molar-refractivity contribution in [1.82, 2.24) is 30.2 Å². The molecular weight excluding hydrogens is 394 g/mol. The van der Waals surface area contributed by atoms with Gasteiger partial charge < -0.3 is 20.0 Å². The number of fused-ring (bicyclic) bond motifs is 1. The number of thioether (sulfide) groups is 1. The number of imidazole rings is 1. The first-order valence-corrected chi connectivity index (χ1v) is 9.63. The lowest BCUT2D eigenvalue weighted by molar-refractivity contribution is -0.113. The van der Waals surface area contributed by atoms with Crippen molar-refractivity contribution >= 4 is 34.4 Å². The van der Waals surface area contributed by atoms with Gasteiger partial charge >= 0.3 is 5.69 Å². The number of anilines is 1. The fourth-order valence-electron chi connectivity index (χ4n) is 2.74. The minimum Gasteiger partial charge on any atom is -0.497 e. The summed E-state index contributed by atoms with van der Waals surface area (Å²) in [6.07, 6.45) is 0. The summed E-state index contributed by atoms with van der Waals surface area (Å²) >= 11 is 1.24. The number of hydrogen-bond acceptors (Lipinski definition) is 7. The molecule has 0 unspecified atom stereocenters. The zero-order valence-electron chi connectivity index (χ0n) is 15.4. The highest BCUT2D eigenvalue weighted by atomic mass is 32.2. The molecule has 10 nitrogen and oxygen atoms in total. The van der Waals surface area contributed by atoms with Crippen LogP contribution >= 0.6 is 11.8 Å². The molecule has 2 aromatic heterocycles. The third-order valence-corrected chi connectivity index (χ3v) is 5.08. The maximum absolute atomic E-state index is 12.3. The lowest BCUT2D eigenvalue weighted by Gasteiger charge is -2.07. The second-order valence-electron chi connectivity index (χ2n) is 6.14. The molecule has 3 N–H and O–H groups in total. The number of aromatic amines is 2. The summed E-state index contributed by atoms with van der Waals surface area (Å²) in [6.45, 7) is 0.485. The molecule has 0 radical (unpaired) electrons. The van der Waals surface area contributed by atoms with Gasteiger partial charge in [-0.3, -0.25) is 4.79 Å². The number of benzene rings is 2. The van der Waals surface area contributed by atoms with Crippen LogP contribution in [0.15, 0.2) is 52.4 Å².